The molecule has 0 unspecified atom stereocenters. The van der Waals surface area contributed by atoms with Crippen LogP contribution >= 0.6 is 11.3 Å². The van der Waals surface area contributed by atoms with Gasteiger partial charge in [-0.05, 0) is 36.4 Å². The standard InChI is InChI=1S/C26H20N2O7S/c1-33-24(30)15-11-12-18(25(31)34-2)20(13-15)27-22(29)14-35-26(32)17-8-4-3-7-16(17)23-28-19-9-5-6-10-21(19)36-23/h3-13H,14H2,1-2H3,(H,27,29). The molecule has 0 aliphatic carbocycles. The summed E-state index contributed by atoms with van der Waals surface area (Å²) in [5.74, 6) is -2.80. The number of carbonyl (C=O) groups is 4. The molecule has 9 nitrogen and oxygen atoms in total. The Balaban J connectivity index is 1.50. The Labute approximate surface area is 209 Å². The molecule has 0 fully saturated rings. The molecular formula is C26H20N2O7S. The van der Waals surface area contributed by atoms with Crippen LogP contribution in [-0.4, -0.2) is 49.6 Å². The van der Waals surface area contributed by atoms with Crippen LogP contribution in [0.4, 0.5) is 5.69 Å². The molecule has 0 aliphatic heterocycles. The maximum Gasteiger partial charge on any atom is 0.339 e. The number of carbonyl (C=O) groups excluding carboxylic acids is 4. The van der Waals surface area contributed by atoms with Crippen molar-refractivity contribution in [2.75, 3.05) is 26.1 Å². The number of rotatable bonds is 7. The van der Waals surface area contributed by atoms with Gasteiger partial charge in [0, 0.05) is 5.56 Å². The number of thiazole rings is 1. The lowest BCUT2D eigenvalue weighted by molar-refractivity contribution is -0.119. The zero-order valence-corrected chi connectivity index (χ0v) is 20.1. The summed E-state index contributed by atoms with van der Waals surface area (Å²) in [5, 5.41) is 3.13. The zero-order valence-electron chi connectivity index (χ0n) is 19.3. The van der Waals surface area contributed by atoms with Crippen molar-refractivity contribution in [2.24, 2.45) is 0 Å². The fourth-order valence-corrected chi connectivity index (χ4v) is 4.42. The predicted octanol–water partition coefficient (Wildman–Crippen LogP) is 4.33. The van der Waals surface area contributed by atoms with Crippen molar-refractivity contribution in [3.8, 4) is 10.6 Å². The number of fused-ring (bicyclic) bond motifs is 1. The summed E-state index contributed by atoms with van der Waals surface area (Å²) in [6.45, 7) is -0.629. The minimum atomic E-state index is -0.719. The number of methoxy groups -OCH3 is 2. The number of anilines is 1. The van der Waals surface area contributed by atoms with Gasteiger partial charge in [-0.1, -0.05) is 30.3 Å². The first-order valence-electron chi connectivity index (χ1n) is 10.6. The summed E-state index contributed by atoms with van der Waals surface area (Å²) >= 11 is 1.44. The van der Waals surface area contributed by atoms with E-state index < -0.39 is 30.4 Å². The third-order valence-electron chi connectivity index (χ3n) is 5.13. The van der Waals surface area contributed by atoms with E-state index >= 15 is 0 Å². The number of esters is 3. The van der Waals surface area contributed by atoms with Gasteiger partial charge in [0.15, 0.2) is 6.61 Å². The van der Waals surface area contributed by atoms with E-state index in [4.69, 9.17) is 9.47 Å². The molecule has 0 atom stereocenters. The molecule has 0 aliphatic rings. The molecule has 1 heterocycles. The number of ether oxygens (including phenoxy) is 3. The monoisotopic (exact) mass is 504 g/mol. The number of nitrogens with one attached hydrogen (secondary N) is 1. The Morgan fingerprint density at radius 3 is 2.31 bits per heavy atom. The van der Waals surface area contributed by atoms with Crippen LogP contribution < -0.4 is 5.32 Å². The fourth-order valence-electron chi connectivity index (χ4n) is 3.41. The van der Waals surface area contributed by atoms with E-state index in [1.54, 1.807) is 24.3 Å². The Bertz CT molecular complexity index is 1450. The van der Waals surface area contributed by atoms with Crippen LogP contribution in [0.5, 0.6) is 0 Å². The third-order valence-corrected chi connectivity index (χ3v) is 6.20. The number of aromatic nitrogens is 1. The van der Waals surface area contributed by atoms with Crippen molar-refractivity contribution in [1.82, 2.24) is 4.98 Å². The molecule has 1 aromatic heterocycles. The molecule has 0 spiro atoms. The second kappa shape index (κ2) is 10.8. The lowest BCUT2D eigenvalue weighted by Crippen LogP contribution is -2.23. The summed E-state index contributed by atoms with van der Waals surface area (Å²) < 4.78 is 15.6. The molecule has 1 N–H and O–H groups in total. The molecule has 4 rings (SSSR count). The predicted molar refractivity (Wildman–Crippen MR) is 133 cm³/mol. The Morgan fingerprint density at radius 1 is 0.833 bits per heavy atom. The van der Waals surface area contributed by atoms with Crippen molar-refractivity contribution < 1.29 is 33.4 Å². The second-order valence-corrected chi connectivity index (χ2v) is 8.43. The Hall–Kier alpha value is -4.57. The van der Waals surface area contributed by atoms with Crippen molar-refractivity contribution in [2.45, 2.75) is 0 Å². The van der Waals surface area contributed by atoms with Crippen LogP contribution in [0.25, 0.3) is 20.8 Å². The van der Waals surface area contributed by atoms with Crippen molar-refractivity contribution in [1.29, 1.82) is 0 Å². The van der Waals surface area contributed by atoms with Crippen molar-refractivity contribution in [3.05, 3.63) is 83.4 Å². The molecule has 36 heavy (non-hydrogen) atoms. The van der Waals surface area contributed by atoms with Crippen LogP contribution in [0.2, 0.25) is 0 Å². The molecule has 0 saturated heterocycles. The molecule has 4 aromatic rings. The third kappa shape index (κ3) is 5.23. The van der Waals surface area contributed by atoms with Gasteiger partial charge in [0.1, 0.15) is 5.01 Å². The zero-order chi connectivity index (χ0) is 25.7. The summed E-state index contributed by atoms with van der Waals surface area (Å²) in [6, 6.07) is 18.4. The molecule has 0 bridgehead atoms. The second-order valence-electron chi connectivity index (χ2n) is 7.40. The summed E-state index contributed by atoms with van der Waals surface area (Å²) in [6.07, 6.45) is 0. The van der Waals surface area contributed by atoms with Crippen LogP contribution in [0, 0.1) is 0 Å². The minimum Gasteiger partial charge on any atom is -0.465 e. The van der Waals surface area contributed by atoms with Crippen LogP contribution in [-0.2, 0) is 19.0 Å². The normalized spacial score (nSPS) is 10.5. The van der Waals surface area contributed by atoms with Crippen molar-refractivity contribution in [3.63, 3.8) is 0 Å². The largest absolute Gasteiger partial charge is 0.465 e. The van der Waals surface area contributed by atoms with Gasteiger partial charge in [0.2, 0.25) is 0 Å². The molecule has 1 amide bonds. The van der Waals surface area contributed by atoms with E-state index in [2.05, 4.69) is 15.0 Å². The molecule has 3 aromatic carbocycles. The van der Waals surface area contributed by atoms with Gasteiger partial charge < -0.3 is 19.5 Å². The minimum absolute atomic E-state index is 0.0145. The van der Waals surface area contributed by atoms with Crippen molar-refractivity contribution >= 4 is 51.1 Å². The highest BCUT2D eigenvalue weighted by molar-refractivity contribution is 7.21. The van der Waals surface area contributed by atoms with Crippen LogP contribution in [0.15, 0.2) is 66.7 Å². The maximum absolute atomic E-state index is 12.9. The highest BCUT2D eigenvalue weighted by Crippen LogP contribution is 2.32. The SMILES string of the molecule is COC(=O)c1ccc(C(=O)OC)c(NC(=O)COC(=O)c2ccccc2-c2nc3ccccc3s2)c1. The smallest absolute Gasteiger partial charge is 0.339 e. The van der Waals surface area contributed by atoms with E-state index in [0.717, 1.165) is 10.2 Å². The molecule has 182 valence electrons. The summed E-state index contributed by atoms with van der Waals surface area (Å²) in [5.41, 5.74) is 1.81. The molecule has 0 radical (unpaired) electrons. The van der Waals surface area contributed by atoms with E-state index in [1.807, 2.05) is 24.3 Å². The average Bonchev–Trinajstić information content (AvgIpc) is 3.35. The van der Waals surface area contributed by atoms with E-state index in [9.17, 15) is 19.2 Å². The topological polar surface area (TPSA) is 121 Å². The van der Waals surface area contributed by atoms with Gasteiger partial charge in [0.25, 0.3) is 5.91 Å². The van der Waals surface area contributed by atoms with Crippen LogP contribution in [0.1, 0.15) is 31.1 Å². The highest BCUT2D eigenvalue weighted by Gasteiger charge is 2.20. The number of para-hydroxylation sites is 1. The summed E-state index contributed by atoms with van der Waals surface area (Å²) in [7, 11) is 2.40. The van der Waals surface area contributed by atoms with E-state index in [-0.39, 0.29) is 22.4 Å². The first kappa shape index (κ1) is 24.6. The lowest BCUT2D eigenvalue weighted by Gasteiger charge is -2.12. The van der Waals surface area contributed by atoms with E-state index in [0.29, 0.717) is 10.6 Å². The molecule has 10 heteroatoms. The first-order chi connectivity index (χ1) is 17.4. The summed E-state index contributed by atoms with van der Waals surface area (Å²) in [4.78, 5) is 53.9. The number of benzene rings is 3. The fraction of sp³-hybridized carbons (Fsp3) is 0.115. The van der Waals surface area contributed by atoms with E-state index in [1.165, 1.54) is 43.8 Å². The average molecular weight is 505 g/mol. The lowest BCUT2D eigenvalue weighted by atomic mass is 10.1. The Morgan fingerprint density at radius 2 is 1.56 bits per heavy atom. The number of nitrogens with zero attached hydrogens (tertiary/aromatic N) is 1. The van der Waals surface area contributed by atoms with Gasteiger partial charge in [0.05, 0.1) is 46.8 Å². The Kier molecular flexibility index (Phi) is 7.36. The molecular weight excluding hydrogens is 484 g/mol. The number of amides is 1. The van der Waals surface area contributed by atoms with Gasteiger partial charge in [-0.2, -0.15) is 0 Å². The number of hydrogen-bond donors (Lipinski definition) is 1. The number of hydrogen-bond acceptors (Lipinski definition) is 9. The van der Waals surface area contributed by atoms with Gasteiger partial charge in [-0.15, -0.1) is 11.3 Å². The maximum atomic E-state index is 12.9. The quantitative estimate of drug-likeness (QED) is 0.292. The van der Waals surface area contributed by atoms with Gasteiger partial charge in [-0.3, -0.25) is 4.79 Å². The first-order valence-corrected chi connectivity index (χ1v) is 11.5. The van der Waals surface area contributed by atoms with Gasteiger partial charge >= 0.3 is 17.9 Å². The van der Waals surface area contributed by atoms with Crippen LogP contribution in [0.3, 0.4) is 0 Å². The molecule has 0 saturated carbocycles. The van der Waals surface area contributed by atoms with Gasteiger partial charge in [-0.25, -0.2) is 19.4 Å². The highest BCUT2D eigenvalue weighted by atomic mass is 32.1.